The van der Waals surface area contributed by atoms with Gasteiger partial charge in [-0.1, -0.05) is 54.6 Å². The Morgan fingerprint density at radius 3 is 2.42 bits per heavy atom. The summed E-state index contributed by atoms with van der Waals surface area (Å²) >= 11 is 0. The SMILES string of the molecule is OCc1ccc(-c2cc(NC[C@H](O)c3ccccc3)ncn2)cc1. The third-order valence-electron chi connectivity index (χ3n) is 3.76. The molecule has 0 saturated carbocycles. The number of hydrogen-bond donors (Lipinski definition) is 3. The third kappa shape index (κ3) is 3.95. The van der Waals surface area contributed by atoms with Gasteiger partial charge in [-0.3, -0.25) is 0 Å². The van der Waals surface area contributed by atoms with E-state index < -0.39 is 6.10 Å². The van der Waals surface area contributed by atoms with E-state index in [-0.39, 0.29) is 6.61 Å². The second kappa shape index (κ2) is 7.68. The smallest absolute Gasteiger partial charge is 0.130 e. The molecule has 0 fully saturated rings. The summed E-state index contributed by atoms with van der Waals surface area (Å²) in [5, 5.41) is 22.4. The lowest BCUT2D eigenvalue weighted by Gasteiger charge is -2.13. The van der Waals surface area contributed by atoms with Crippen LogP contribution in [0.3, 0.4) is 0 Å². The van der Waals surface area contributed by atoms with E-state index in [2.05, 4.69) is 15.3 Å². The Bertz CT molecular complexity index is 776. The molecule has 2 aromatic carbocycles. The van der Waals surface area contributed by atoms with Crippen LogP contribution < -0.4 is 5.32 Å². The molecule has 1 aromatic heterocycles. The van der Waals surface area contributed by atoms with Crippen LogP contribution in [0.25, 0.3) is 11.3 Å². The maximum atomic E-state index is 10.2. The summed E-state index contributed by atoms with van der Waals surface area (Å²) in [6, 6.07) is 18.9. The number of nitrogens with one attached hydrogen (secondary N) is 1. The summed E-state index contributed by atoms with van der Waals surface area (Å²) in [6.45, 7) is 0.387. The normalized spacial score (nSPS) is 11.9. The van der Waals surface area contributed by atoms with E-state index in [0.29, 0.717) is 12.4 Å². The predicted octanol–water partition coefficient (Wildman–Crippen LogP) is 2.78. The Morgan fingerprint density at radius 2 is 1.71 bits per heavy atom. The largest absolute Gasteiger partial charge is 0.392 e. The van der Waals surface area contributed by atoms with Crippen LogP contribution in [0.5, 0.6) is 0 Å². The summed E-state index contributed by atoms with van der Waals surface area (Å²) in [5.74, 6) is 0.654. The zero-order chi connectivity index (χ0) is 16.8. The summed E-state index contributed by atoms with van der Waals surface area (Å²) in [6.07, 6.45) is 0.889. The van der Waals surface area contributed by atoms with Gasteiger partial charge in [-0.25, -0.2) is 9.97 Å². The van der Waals surface area contributed by atoms with Gasteiger partial charge in [0.2, 0.25) is 0 Å². The van der Waals surface area contributed by atoms with E-state index in [0.717, 1.165) is 22.4 Å². The fourth-order valence-corrected chi connectivity index (χ4v) is 2.39. The van der Waals surface area contributed by atoms with E-state index in [4.69, 9.17) is 5.11 Å². The van der Waals surface area contributed by atoms with Crippen molar-refractivity contribution >= 4 is 5.82 Å². The first-order valence-electron chi connectivity index (χ1n) is 7.75. The second-order valence-electron chi connectivity index (χ2n) is 5.45. The molecule has 0 aliphatic heterocycles. The second-order valence-corrected chi connectivity index (χ2v) is 5.45. The summed E-state index contributed by atoms with van der Waals surface area (Å²) in [4.78, 5) is 8.47. The van der Waals surface area contributed by atoms with Gasteiger partial charge >= 0.3 is 0 Å². The fourth-order valence-electron chi connectivity index (χ4n) is 2.39. The first kappa shape index (κ1) is 16.1. The van der Waals surface area contributed by atoms with Crippen LogP contribution in [0.4, 0.5) is 5.82 Å². The molecule has 5 heteroatoms. The van der Waals surface area contributed by atoms with Gasteiger partial charge in [0.15, 0.2) is 0 Å². The number of benzene rings is 2. The van der Waals surface area contributed by atoms with Crippen LogP contribution in [0.1, 0.15) is 17.2 Å². The van der Waals surface area contributed by atoms with Crippen LogP contribution in [-0.2, 0) is 6.61 Å². The predicted molar refractivity (Wildman–Crippen MR) is 93.3 cm³/mol. The molecule has 0 saturated heterocycles. The van der Waals surface area contributed by atoms with Crippen LogP contribution >= 0.6 is 0 Å². The van der Waals surface area contributed by atoms with Crippen molar-refractivity contribution in [3.8, 4) is 11.3 Å². The molecule has 0 amide bonds. The van der Waals surface area contributed by atoms with Crippen molar-refractivity contribution in [3.05, 3.63) is 78.1 Å². The molecule has 0 unspecified atom stereocenters. The molecule has 3 aromatic rings. The molecular weight excluding hydrogens is 302 g/mol. The third-order valence-corrected chi connectivity index (χ3v) is 3.76. The molecule has 3 N–H and O–H groups in total. The first-order valence-corrected chi connectivity index (χ1v) is 7.75. The van der Waals surface area contributed by atoms with E-state index in [1.54, 1.807) is 0 Å². The highest BCUT2D eigenvalue weighted by molar-refractivity contribution is 5.62. The maximum absolute atomic E-state index is 10.2. The van der Waals surface area contributed by atoms with Gasteiger partial charge in [-0.05, 0) is 11.1 Å². The Balaban J connectivity index is 1.68. The number of aliphatic hydroxyl groups is 2. The first-order chi connectivity index (χ1) is 11.8. The van der Waals surface area contributed by atoms with E-state index in [1.807, 2.05) is 60.7 Å². The molecule has 3 rings (SSSR count). The summed E-state index contributed by atoms with van der Waals surface area (Å²) in [5.41, 5.74) is 3.45. The Morgan fingerprint density at radius 1 is 0.958 bits per heavy atom. The highest BCUT2D eigenvalue weighted by atomic mass is 16.3. The molecular formula is C19H19N3O2. The molecule has 24 heavy (non-hydrogen) atoms. The minimum atomic E-state index is -0.603. The van der Waals surface area contributed by atoms with Crippen molar-refractivity contribution in [1.82, 2.24) is 9.97 Å². The molecule has 0 radical (unpaired) electrons. The topological polar surface area (TPSA) is 78.3 Å². The zero-order valence-electron chi connectivity index (χ0n) is 13.1. The van der Waals surface area contributed by atoms with E-state index in [9.17, 15) is 5.11 Å². The maximum Gasteiger partial charge on any atom is 0.130 e. The standard InChI is InChI=1S/C19H19N3O2/c23-12-14-6-8-15(9-7-14)17-10-19(22-13-21-17)20-11-18(24)16-4-2-1-3-5-16/h1-10,13,18,23-24H,11-12H2,(H,20,21,22)/t18-/m0/s1. The molecule has 122 valence electrons. The minimum Gasteiger partial charge on any atom is -0.392 e. The summed E-state index contributed by atoms with van der Waals surface area (Å²) in [7, 11) is 0. The van der Waals surface area contributed by atoms with Crippen molar-refractivity contribution in [1.29, 1.82) is 0 Å². The molecule has 5 nitrogen and oxygen atoms in total. The molecule has 0 bridgehead atoms. The number of rotatable bonds is 6. The lowest BCUT2D eigenvalue weighted by molar-refractivity contribution is 0.191. The van der Waals surface area contributed by atoms with Gasteiger partial charge in [-0.15, -0.1) is 0 Å². The van der Waals surface area contributed by atoms with Crippen LogP contribution in [0, 0.1) is 0 Å². The number of hydrogen-bond acceptors (Lipinski definition) is 5. The fraction of sp³-hybridized carbons (Fsp3) is 0.158. The average molecular weight is 321 g/mol. The monoisotopic (exact) mass is 321 g/mol. The lowest BCUT2D eigenvalue weighted by Crippen LogP contribution is -2.13. The molecule has 0 aliphatic carbocycles. The van der Waals surface area contributed by atoms with Crippen molar-refractivity contribution in [2.45, 2.75) is 12.7 Å². The molecule has 0 aliphatic rings. The molecule has 1 heterocycles. The highest BCUT2D eigenvalue weighted by Crippen LogP contribution is 2.20. The lowest BCUT2D eigenvalue weighted by atomic mass is 10.1. The number of aromatic nitrogens is 2. The van der Waals surface area contributed by atoms with E-state index >= 15 is 0 Å². The summed E-state index contributed by atoms with van der Waals surface area (Å²) < 4.78 is 0. The molecule has 1 atom stereocenters. The van der Waals surface area contributed by atoms with Gasteiger partial charge in [-0.2, -0.15) is 0 Å². The van der Waals surface area contributed by atoms with Crippen molar-refractivity contribution in [2.24, 2.45) is 0 Å². The van der Waals surface area contributed by atoms with Crippen molar-refractivity contribution < 1.29 is 10.2 Å². The number of nitrogens with zero attached hydrogens (tertiary/aromatic N) is 2. The van der Waals surface area contributed by atoms with Gasteiger partial charge in [0.1, 0.15) is 12.1 Å². The quantitative estimate of drug-likeness (QED) is 0.651. The van der Waals surface area contributed by atoms with Crippen LogP contribution in [0.2, 0.25) is 0 Å². The van der Waals surface area contributed by atoms with Gasteiger partial charge in [0.05, 0.1) is 18.4 Å². The average Bonchev–Trinajstić information content (AvgIpc) is 2.67. The Hall–Kier alpha value is -2.76. The van der Waals surface area contributed by atoms with Crippen LogP contribution in [-0.4, -0.2) is 26.7 Å². The highest BCUT2D eigenvalue weighted by Gasteiger charge is 2.08. The number of anilines is 1. The zero-order valence-corrected chi connectivity index (χ0v) is 13.1. The van der Waals surface area contributed by atoms with Crippen molar-refractivity contribution in [3.63, 3.8) is 0 Å². The van der Waals surface area contributed by atoms with Gasteiger partial charge in [0, 0.05) is 18.2 Å². The number of aliphatic hydroxyl groups excluding tert-OH is 2. The van der Waals surface area contributed by atoms with Crippen molar-refractivity contribution in [2.75, 3.05) is 11.9 Å². The van der Waals surface area contributed by atoms with E-state index in [1.165, 1.54) is 6.33 Å². The Kier molecular flexibility index (Phi) is 5.15. The van der Waals surface area contributed by atoms with Crippen LogP contribution in [0.15, 0.2) is 67.0 Å². The minimum absolute atomic E-state index is 0.0221. The molecule has 0 spiro atoms. The Labute approximate surface area is 140 Å². The van der Waals surface area contributed by atoms with Gasteiger partial charge in [0.25, 0.3) is 0 Å². The van der Waals surface area contributed by atoms with Gasteiger partial charge < -0.3 is 15.5 Å².